The fraction of sp³-hybridized carbons (Fsp3) is 0.278. The minimum Gasteiger partial charge on any atom is -0.491 e. The summed E-state index contributed by atoms with van der Waals surface area (Å²) in [7, 11) is 0. The maximum Gasteiger partial charge on any atom is 0.338 e. The van der Waals surface area contributed by atoms with Gasteiger partial charge >= 0.3 is 5.97 Å². The van der Waals surface area contributed by atoms with Crippen LogP contribution >= 0.6 is 0 Å². The Morgan fingerprint density at radius 1 is 1.10 bits per heavy atom. The molecule has 2 aromatic carbocycles. The highest BCUT2D eigenvalue weighted by Crippen LogP contribution is 2.20. The first-order chi connectivity index (χ1) is 10.1. The Morgan fingerprint density at radius 3 is 2.48 bits per heavy atom. The van der Waals surface area contributed by atoms with Crippen LogP contribution in [-0.2, 0) is 11.3 Å². The number of rotatable bonds is 5. The zero-order chi connectivity index (χ0) is 15.2. The topological polar surface area (TPSA) is 35.5 Å². The van der Waals surface area contributed by atoms with Gasteiger partial charge in [-0.2, -0.15) is 0 Å². The molecule has 3 nitrogen and oxygen atoms in total. The molecule has 0 aliphatic rings. The smallest absolute Gasteiger partial charge is 0.338 e. The van der Waals surface area contributed by atoms with Crippen LogP contribution < -0.4 is 4.74 Å². The average Bonchev–Trinajstić information content (AvgIpc) is 2.47. The molecule has 0 radical (unpaired) electrons. The zero-order valence-electron chi connectivity index (χ0n) is 12.6. The molecule has 2 aromatic rings. The SMILES string of the molecule is Cc1ccc(OC(C)C)cc1C(=O)OCc1ccccc1. The van der Waals surface area contributed by atoms with E-state index in [-0.39, 0.29) is 18.7 Å². The lowest BCUT2D eigenvalue weighted by Crippen LogP contribution is -2.10. The van der Waals surface area contributed by atoms with Crippen molar-refractivity contribution in [2.45, 2.75) is 33.5 Å². The van der Waals surface area contributed by atoms with E-state index in [1.165, 1.54) is 0 Å². The lowest BCUT2D eigenvalue weighted by Gasteiger charge is -2.12. The molecule has 0 fully saturated rings. The number of esters is 1. The quantitative estimate of drug-likeness (QED) is 0.774. The van der Waals surface area contributed by atoms with Crippen molar-refractivity contribution in [2.24, 2.45) is 0 Å². The van der Waals surface area contributed by atoms with Crippen molar-refractivity contribution in [3.05, 3.63) is 65.2 Å². The van der Waals surface area contributed by atoms with Crippen LogP contribution in [0.3, 0.4) is 0 Å². The van der Waals surface area contributed by atoms with Gasteiger partial charge in [-0.05, 0) is 44.0 Å². The molecule has 110 valence electrons. The number of ether oxygens (including phenoxy) is 2. The molecular weight excluding hydrogens is 264 g/mol. The minimum absolute atomic E-state index is 0.0703. The van der Waals surface area contributed by atoms with Crippen LogP contribution in [0.15, 0.2) is 48.5 Å². The summed E-state index contributed by atoms with van der Waals surface area (Å²) in [6.07, 6.45) is 0.0703. The van der Waals surface area contributed by atoms with E-state index in [1.54, 1.807) is 6.07 Å². The van der Waals surface area contributed by atoms with Gasteiger partial charge in [-0.25, -0.2) is 4.79 Å². The molecular formula is C18H20O3. The Balaban J connectivity index is 2.07. The Hall–Kier alpha value is -2.29. The summed E-state index contributed by atoms with van der Waals surface area (Å²) in [5, 5.41) is 0. The van der Waals surface area contributed by atoms with E-state index in [4.69, 9.17) is 9.47 Å². The van der Waals surface area contributed by atoms with Gasteiger partial charge in [0.25, 0.3) is 0 Å². The molecule has 3 heteroatoms. The Bertz CT molecular complexity index is 603. The van der Waals surface area contributed by atoms with Gasteiger partial charge in [0.1, 0.15) is 12.4 Å². The van der Waals surface area contributed by atoms with Crippen LogP contribution in [0.1, 0.15) is 35.3 Å². The molecule has 0 heterocycles. The van der Waals surface area contributed by atoms with Gasteiger partial charge < -0.3 is 9.47 Å². The van der Waals surface area contributed by atoms with Crippen molar-refractivity contribution in [1.29, 1.82) is 0 Å². The molecule has 2 rings (SSSR count). The van der Waals surface area contributed by atoms with Crippen molar-refractivity contribution >= 4 is 5.97 Å². The van der Waals surface area contributed by atoms with E-state index < -0.39 is 0 Å². The van der Waals surface area contributed by atoms with Crippen molar-refractivity contribution in [3.8, 4) is 5.75 Å². The second-order valence-electron chi connectivity index (χ2n) is 5.21. The van der Waals surface area contributed by atoms with Gasteiger partial charge in [0.15, 0.2) is 0 Å². The van der Waals surface area contributed by atoms with E-state index in [9.17, 15) is 4.79 Å². The number of carbonyl (C=O) groups excluding carboxylic acids is 1. The van der Waals surface area contributed by atoms with Crippen LogP contribution in [0, 0.1) is 6.92 Å². The summed E-state index contributed by atoms with van der Waals surface area (Å²) in [6, 6.07) is 15.1. The van der Waals surface area contributed by atoms with Crippen LogP contribution in [0.5, 0.6) is 5.75 Å². The van der Waals surface area contributed by atoms with Gasteiger partial charge in [-0.3, -0.25) is 0 Å². The lowest BCUT2D eigenvalue weighted by atomic mass is 10.1. The summed E-state index contributed by atoms with van der Waals surface area (Å²) in [6.45, 7) is 6.06. The van der Waals surface area contributed by atoms with E-state index in [0.717, 1.165) is 11.1 Å². The highest BCUT2D eigenvalue weighted by atomic mass is 16.5. The summed E-state index contributed by atoms with van der Waals surface area (Å²) in [4.78, 5) is 12.2. The standard InChI is InChI=1S/C18H20O3/c1-13(2)21-16-10-9-14(3)17(11-16)18(19)20-12-15-7-5-4-6-8-15/h4-11,13H,12H2,1-3H3. The van der Waals surface area contributed by atoms with Gasteiger partial charge in [0.05, 0.1) is 11.7 Å². The second kappa shape index (κ2) is 6.93. The molecule has 0 amide bonds. The van der Waals surface area contributed by atoms with Gasteiger partial charge in [-0.1, -0.05) is 36.4 Å². The summed E-state index contributed by atoms with van der Waals surface area (Å²) < 4.78 is 11.0. The predicted molar refractivity (Wildman–Crippen MR) is 82.5 cm³/mol. The normalized spacial score (nSPS) is 10.5. The van der Waals surface area contributed by atoms with Gasteiger partial charge in [-0.15, -0.1) is 0 Å². The molecule has 0 aromatic heterocycles. The number of carbonyl (C=O) groups is 1. The maximum absolute atomic E-state index is 12.2. The molecule has 0 spiro atoms. The molecule has 0 bridgehead atoms. The Labute approximate surface area is 125 Å². The summed E-state index contributed by atoms with van der Waals surface area (Å²) >= 11 is 0. The molecule has 21 heavy (non-hydrogen) atoms. The van der Waals surface area contributed by atoms with Crippen molar-refractivity contribution in [1.82, 2.24) is 0 Å². The fourth-order valence-electron chi connectivity index (χ4n) is 1.97. The Morgan fingerprint density at radius 2 is 1.81 bits per heavy atom. The first-order valence-electron chi connectivity index (χ1n) is 7.04. The first kappa shape index (κ1) is 15.1. The predicted octanol–water partition coefficient (Wildman–Crippen LogP) is 4.14. The highest BCUT2D eigenvalue weighted by molar-refractivity contribution is 5.91. The minimum atomic E-state index is -0.328. The van der Waals surface area contributed by atoms with Crippen LogP contribution in [0.4, 0.5) is 0 Å². The third-order valence-electron chi connectivity index (χ3n) is 3.01. The van der Waals surface area contributed by atoms with E-state index in [2.05, 4.69) is 0 Å². The largest absolute Gasteiger partial charge is 0.491 e. The molecule has 0 aliphatic carbocycles. The number of benzene rings is 2. The number of hydrogen-bond donors (Lipinski definition) is 0. The van der Waals surface area contributed by atoms with E-state index in [0.29, 0.717) is 11.3 Å². The van der Waals surface area contributed by atoms with Crippen molar-refractivity contribution in [2.75, 3.05) is 0 Å². The van der Waals surface area contributed by atoms with E-state index in [1.807, 2.05) is 63.2 Å². The van der Waals surface area contributed by atoms with Gasteiger partial charge in [0.2, 0.25) is 0 Å². The maximum atomic E-state index is 12.2. The number of hydrogen-bond acceptors (Lipinski definition) is 3. The third kappa shape index (κ3) is 4.35. The average molecular weight is 284 g/mol. The second-order valence-corrected chi connectivity index (χ2v) is 5.21. The van der Waals surface area contributed by atoms with Crippen molar-refractivity contribution in [3.63, 3.8) is 0 Å². The molecule has 0 unspecified atom stereocenters. The molecule has 0 N–H and O–H groups in total. The van der Waals surface area contributed by atoms with Crippen LogP contribution in [-0.4, -0.2) is 12.1 Å². The molecule has 0 aliphatic heterocycles. The monoisotopic (exact) mass is 284 g/mol. The number of aryl methyl sites for hydroxylation is 1. The summed E-state index contributed by atoms with van der Waals surface area (Å²) in [5.41, 5.74) is 2.39. The van der Waals surface area contributed by atoms with Crippen LogP contribution in [0.25, 0.3) is 0 Å². The van der Waals surface area contributed by atoms with Crippen molar-refractivity contribution < 1.29 is 14.3 Å². The fourth-order valence-corrected chi connectivity index (χ4v) is 1.97. The molecule has 0 saturated carbocycles. The first-order valence-corrected chi connectivity index (χ1v) is 7.04. The molecule has 0 saturated heterocycles. The van der Waals surface area contributed by atoms with Gasteiger partial charge in [0, 0.05) is 0 Å². The Kier molecular flexibility index (Phi) is 4.99. The van der Waals surface area contributed by atoms with Crippen LogP contribution in [0.2, 0.25) is 0 Å². The zero-order valence-corrected chi connectivity index (χ0v) is 12.6. The lowest BCUT2D eigenvalue weighted by molar-refractivity contribution is 0.0471. The molecule has 0 atom stereocenters. The summed E-state index contributed by atoms with van der Waals surface area (Å²) in [5.74, 6) is 0.354. The van der Waals surface area contributed by atoms with E-state index >= 15 is 0 Å². The highest BCUT2D eigenvalue weighted by Gasteiger charge is 2.12. The third-order valence-corrected chi connectivity index (χ3v) is 3.01.